The highest BCUT2D eigenvalue weighted by Gasteiger charge is 2.23. The molecule has 1 aromatic heterocycles. The zero-order chi connectivity index (χ0) is 20.4. The van der Waals surface area contributed by atoms with Gasteiger partial charge in [0, 0.05) is 17.6 Å². The highest BCUT2D eigenvalue weighted by atomic mass is 32.2. The lowest BCUT2D eigenvalue weighted by molar-refractivity contribution is 0.256. The van der Waals surface area contributed by atoms with Crippen LogP contribution >= 0.6 is 0 Å². The van der Waals surface area contributed by atoms with Gasteiger partial charge in [0.05, 0.1) is 0 Å². The maximum Gasteiger partial charge on any atom is 0.333 e. The first kappa shape index (κ1) is 20.8. The Morgan fingerprint density at radius 3 is 2.07 bits per heavy atom. The van der Waals surface area contributed by atoms with Crippen molar-refractivity contribution in [3.8, 4) is 0 Å². The second-order valence-electron chi connectivity index (χ2n) is 7.10. The third-order valence-corrected chi connectivity index (χ3v) is 5.41. The average molecular weight is 391 g/mol. The number of aromatic nitrogens is 2. The van der Waals surface area contributed by atoms with Gasteiger partial charge in [-0.3, -0.25) is 0 Å². The standard InChI is InChI=1S/C19H26N4O3S/c1-11(2)15-8-7-9-16(12(3)4)17(15)22-18(24)23-27(25,26)19-20-10-13(5)14(6)21-19/h7-12H,1-6H3,(H2,22,23,24). The topological polar surface area (TPSA) is 101 Å². The van der Waals surface area contributed by atoms with Crippen molar-refractivity contribution in [3.63, 3.8) is 0 Å². The number of hydrogen-bond acceptors (Lipinski definition) is 5. The third kappa shape index (κ3) is 4.82. The molecule has 1 aromatic carbocycles. The number of sulfonamides is 1. The summed E-state index contributed by atoms with van der Waals surface area (Å²) in [4.78, 5) is 20.2. The molecular weight excluding hydrogens is 364 g/mol. The lowest BCUT2D eigenvalue weighted by atomic mass is 9.93. The molecule has 146 valence electrons. The lowest BCUT2D eigenvalue weighted by Crippen LogP contribution is -2.36. The number of carbonyl (C=O) groups excluding carboxylic acids is 1. The lowest BCUT2D eigenvalue weighted by Gasteiger charge is -2.20. The van der Waals surface area contributed by atoms with E-state index in [0.29, 0.717) is 11.4 Å². The Kier molecular flexibility index (Phi) is 6.20. The Balaban J connectivity index is 2.31. The van der Waals surface area contributed by atoms with E-state index < -0.39 is 21.2 Å². The minimum absolute atomic E-state index is 0.165. The summed E-state index contributed by atoms with van der Waals surface area (Å²) in [5, 5.41) is 2.28. The van der Waals surface area contributed by atoms with Crippen LogP contribution in [0.15, 0.2) is 29.6 Å². The molecule has 2 amide bonds. The van der Waals surface area contributed by atoms with Crippen molar-refractivity contribution in [1.82, 2.24) is 14.7 Å². The molecule has 1 heterocycles. The molecule has 27 heavy (non-hydrogen) atoms. The van der Waals surface area contributed by atoms with Gasteiger partial charge in [0.2, 0.25) is 0 Å². The van der Waals surface area contributed by atoms with Gasteiger partial charge in [-0.15, -0.1) is 0 Å². The van der Waals surface area contributed by atoms with E-state index in [9.17, 15) is 13.2 Å². The number of hydrogen-bond donors (Lipinski definition) is 2. The number of rotatable bonds is 5. The molecule has 0 radical (unpaired) electrons. The highest BCUT2D eigenvalue weighted by molar-refractivity contribution is 7.89. The fraction of sp³-hybridized carbons (Fsp3) is 0.421. The van der Waals surface area contributed by atoms with Gasteiger partial charge >= 0.3 is 16.1 Å². The Morgan fingerprint density at radius 1 is 1.04 bits per heavy atom. The highest BCUT2D eigenvalue weighted by Crippen LogP contribution is 2.32. The molecule has 0 aliphatic carbocycles. The minimum Gasteiger partial charge on any atom is -0.307 e. The van der Waals surface area contributed by atoms with Crippen molar-refractivity contribution >= 4 is 21.7 Å². The zero-order valence-corrected chi connectivity index (χ0v) is 17.3. The second-order valence-corrected chi connectivity index (χ2v) is 8.68. The number of aryl methyl sites for hydroxylation is 2. The van der Waals surface area contributed by atoms with Gasteiger partial charge in [-0.2, -0.15) is 8.42 Å². The monoisotopic (exact) mass is 390 g/mol. The first-order valence-corrected chi connectivity index (χ1v) is 10.3. The normalized spacial score (nSPS) is 11.7. The summed E-state index contributed by atoms with van der Waals surface area (Å²) in [7, 11) is -4.17. The molecule has 0 aliphatic heterocycles. The number of para-hydroxylation sites is 1. The summed E-state index contributed by atoms with van der Waals surface area (Å²) >= 11 is 0. The summed E-state index contributed by atoms with van der Waals surface area (Å²) in [5.41, 5.74) is 3.83. The molecule has 2 aromatic rings. The molecule has 7 nitrogen and oxygen atoms in total. The molecule has 0 saturated carbocycles. The molecule has 0 saturated heterocycles. The largest absolute Gasteiger partial charge is 0.333 e. The maximum absolute atomic E-state index is 12.4. The summed E-state index contributed by atoms with van der Waals surface area (Å²) in [6, 6.07) is 4.94. The molecule has 0 aliphatic rings. The average Bonchev–Trinajstić information content (AvgIpc) is 2.56. The fourth-order valence-corrected chi connectivity index (χ4v) is 3.47. The van der Waals surface area contributed by atoms with Crippen LogP contribution in [-0.2, 0) is 10.0 Å². The van der Waals surface area contributed by atoms with Crippen LogP contribution < -0.4 is 10.0 Å². The van der Waals surface area contributed by atoms with Crippen molar-refractivity contribution in [2.75, 3.05) is 5.32 Å². The molecule has 8 heteroatoms. The SMILES string of the molecule is Cc1cnc(S(=O)(=O)NC(=O)Nc2c(C(C)C)cccc2C(C)C)nc1C. The Labute approximate surface area is 160 Å². The molecule has 2 rings (SSSR count). The molecule has 0 fully saturated rings. The number of carbonyl (C=O) groups is 1. The van der Waals surface area contributed by atoms with Crippen molar-refractivity contribution in [1.29, 1.82) is 0 Å². The molecule has 2 N–H and O–H groups in total. The van der Waals surface area contributed by atoms with Crippen LogP contribution in [0.25, 0.3) is 0 Å². The Morgan fingerprint density at radius 2 is 1.59 bits per heavy atom. The van der Waals surface area contributed by atoms with E-state index in [4.69, 9.17) is 0 Å². The summed E-state index contributed by atoms with van der Waals surface area (Å²) in [6.45, 7) is 11.5. The van der Waals surface area contributed by atoms with E-state index in [1.54, 1.807) is 13.8 Å². The first-order chi connectivity index (χ1) is 12.5. The minimum atomic E-state index is -4.17. The first-order valence-electron chi connectivity index (χ1n) is 8.79. The van der Waals surface area contributed by atoms with Crippen LogP contribution in [0.1, 0.15) is 61.9 Å². The number of anilines is 1. The van der Waals surface area contributed by atoms with E-state index in [-0.39, 0.29) is 11.8 Å². The van der Waals surface area contributed by atoms with Gasteiger partial charge in [0.1, 0.15) is 0 Å². The quantitative estimate of drug-likeness (QED) is 0.755. The van der Waals surface area contributed by atoms with Crippen molar-refractivity contribution in [3.05, 3.63) is 46.8 Å². The van der Waals surface area contributed by atoms with Crippen LogP contribution in [0.5, 0.6) is 0 Å². The van der Waals surface area contributed by atoms with E-state index >= 15 is 0 Å². The molecular formula is C19H26N4O3S. The number of benzene rings is 1. The van der Waals surface area contributed by atoms with E-state index in [1.807, 2.05) is 50.6 Å². The van der Waals surface area contributed by atoms with Gasteiger partial charge in [-0.05, 0) is 42.4 Å². The predicted octanol–water partition coefficient (Wildman–Crippen LogP) is 3.85. The molecule has 0 atom stereocenters. The van der Waals surface area contributed by atoms with Crippen LogP contribution in [0.2, 0.25) is 0 Å². The summed E-state index contributed by atoms with van der Waals surface area (Å²) in [5.74, 6) is 0.331. The van der Waals surface area contributed by atoms with Crippen molar-refractivity contribution in [2.45, 2.75) is 58.5 Å². The predicted molar refractivity (Wildman–Crippen MR) is 105 cm³/mol. The van der Waals surface area contributed by atoms with Gasteiger partial charge < -0.3 is 5.32 Å². The number of nitrogens with one attached hydrogen (secondary N) is 2. The smallest absolute Gasteiger partial charge is 0.307 e. The summed E-state index contributed by atoms with van der Waals surface area (Å²) in [6.07, 6.45) is 1.42. The number of urea groups is 1. The van der Waals surface area contributed by atoms with E-state index in [2.05, 4.69) is 15.3 Å². The Hall–Kier alpha value is -2.48. The van der Waals surface area contributed by atoms with Crippen LogP contribution in [0, 0.1) is 13.8 Å². The number of nitrogens with zero attached hydrogens (tertiary/aromatic N) is 2. The van der Waals surface area contributed by atoms with Gasteiger partial charge in [0.25, 0.3) is 5.16 Å². The maximum atomic E-state index is 12.4. The molecule has 0 spiro atoms. The Bertz CT molecular complexity index is 927. The van der Waals surface area contributed by atoms with Gasteiger partial charge in [0.15, 0.2) is 0 Å². The van der Waals surface area contributed by atoms with Crippen LogP contribution in [0.3, 0.4) is 0 Å². The van der Waals surface area contributed by atoms with Crippen LogP contribution in [-0.4, -0.2) is 24.4 Å². The van der Waals surface area contributed by atoms with Crippen molar-refractivity contribution in [2.24, 2.45) is 0 Å². The number of amides is 2. The molecule has 0 unspecified atom stereocenters. The molecule has 0 bridgehead atoms. The van der Waals surface area contributed by atoms with E-state index in [1.165, 1.54) is 6.20 Å². The van der Waals surface area contributed by atoms with Gasteiger partial charge in [-0.1, -0.05) is 45.9 Å². The van der Waals surface area contributed by atoms with Crippen molar-refractivity contribution < 1.29 is 13.2 Å². The van der Waals surface area contributed by atoms with Gasteiger partial charge in [-0.25, -0.2) is 19.5 Å². The van der Waals surface area contributed by atoms with E-state index in [0.717, 1.165) is 16.7 Å². The third-order valence-electron chi connectivity index (χ3n) is 4.28. The zero-order valence-electron chi connectivity index (χ0n) is 16.5. The van der Waals surface area contributed by atoms with Crippen LogP contribution in [0.4, 0.5) is 10.5 Å². The summed E-state index contributed by atoms with van der Waals surface area (Å²) < 4.78 is 26.9. The fourth-order valence-electron chi connectivity index (χ4n) is 2.64. The second kappa shape index (κ2) is 8.04.